The number of hydrogen-bond acceptors (Lipinski definition) is 2. The van der Waals surface area contributed by atoms with Crippen LogP contribution in [0, 0.1) is 12.7 Å². The van der Waals surface area contributed by atoms with E-state index in [2.05, 4.69) is 15.9 Å². The van der Waals surface area contributed by atoms with Gasteiger partial charge in [0, 0.05) is 16.5 Å². The highest BCUT2D eigenvalue weighted by atomic mass is 79.9. The number of carbonyl (C=O) groups is 1. The molecule has 0 amide bonds. The van der Waals surface area contributed by atoms with Gasteiger partial charge in [-0.2, -0.15) is 0 Å². The summed E-state index contributed by atoms with van der Waals surface area (Å²) in [6.07, 6.45) is 0. The van der Waals surface area contributed by atoms with Crippen LogP contribution >= 0.6 is 15.9 Å². The third-order valence-electron chi connectivity index (χ3n) is 2.84. The molecule has 2 nitrogen and oxygen atoms in total. The Morgan fingerprint density at radius 1 is 1.15 bits per heavy atom. The number of benzene rings is 2. The van der Waals surface area contributed by atoms with Crippen LogP contribution in [0.15, 0.2) is 42.5 Å². The number of ether oxygens (including phenoxy) is 1. The van der Waals surface area contributed by atoms with E-state index in [4.69, 9.17) is 4.74 Å². The average molecular weight is 337 g/mol. The zero-order valence-electron chi connectivity index (χ0n) is 11.0. The van der Waals surface area contributed by atoms with E-state index in [0.29, 0.717) is 23.1 Å². The average Bonchev–Trinajstić information content (AvgIpc) is 2.46. The first-order valence-corrected chi connectivity index (χ1v) is 7.33. The third-order valence-corrected chi connectivity index (χ3v) is 3.17. The largest absolute Gasteiger partial charge is 0.490 e. The predicted molar refractivity (Wildman–Crippen MR) is 80.3 cm³/mol. The van der Waals surface area contributed by atoms with Crippen molar-refractivity contribution < 1.29 is 13.9 Å². The van der Waals surface area contributed by atoms with Crippen LogP contribution in [0.5, 0.6) is 5.75 Å². The zero-order valence-corrected chi connectivity index (χ0v) is 12.6. The Morgan fingerprint density at radius 2 is 1.80 bits per heavy atom. The molecule has 0 bridgehead atoms. The number of hydrogen-bond donors (Lipinski definition) is 0. The maximum atomic E-state index is 13.8. The van der Waals surface area contributed by atoms with Crippen LogP contribution in [0.3, 0.4) is 0 Å². The van der Waals surface area contributed by atoms with Crippen molar-refractivity contribution >= 4 is 21.7 Å². The second-order valence-corrected chi connectivity index (χ2v) is 5.17. The molecule has 0 unspecified atom stereocenters. The Hall–Kier alpha value is -1.68. The predicted octanol–water partition coefficient (Wildman–Crippen LogP) is 4.14. The molecule has 2 rings (SSSR count). The SMILES string of the molecule is Cc1ccc(C(=O)c2ccc(OCCBr)c(F)c2)cc1. The summed E-state index contributed by atoms with van der Waals surface area (Å²) in [6.45, 7) is 2.33. The number of aryl methyl sites for hydroxylation is 1. The van der Waals surface area contributed by atoms with Gasteiger partial charge in [-0.25, -0.2) is 4.39 Å². The van der Waals surface area contributed by atoms with Crippen molar-refractivity contribution in [2.75, 3.05) is 11.9 Å². The van der Waals surface area contributed by atoms with Crippen molar-refractivity contribution in [2.24, 2.45) is 0 Å². The summed E-state index contributed by atoms with van der Waals surface area (Å²) in [5.74, 6) is -0.565. The number of ketones is 1. The molecule has 0 atom stereocenters. The molecular weight excluding hydrogens is 323 g/mol. The molecule has 0 aliphatic rings. The topological polar surface area (TPSA) is 26.3 Å². The fourth-order valence-electron chi connectivity index (χ4n) is 1.78. The molecule has 20 heavy (non-hydrogen) atoms. The first-order valence-electron chi connectivity index (χ1n) is 6.21. The minimum absolute atomic E-state index is 0.157. The maximum Gasteiger partial charge on any atom is 0.193 e. The minimum Gasteiger partial charge on any atom is -0.490 e. The normalized spacial score (nSPS) is 10.3. The van der Waals surface area contributed by atoms with Crippen molar-refractivity contribution in [3.63, 3.8) is 0 Å². The highest BCUT2D eigenvalue weighted by Gasteiger charge is 2.12. The Balaban J connectivity index is 2.22. The smallest absolute Gasteiger partial charge is 0.193 e. The fourth-order valence-corrected chi connectivity index (χ4v) is 1.94. The first-order chi connectivity index (χ1) is 9.61. The molecule has 0 aromatic heterocycles. The lowest BCUT2D eigenvalue weighted by Crippen LogP contribution is -2.04. The van der Waals surface area contributed by atoms with Gasteiger partial charge in [-0.1, -0.05) is 45.8 Å². The van der Waals surface area contributed by atoms with Gasteiger partial charge in [0.25, 0.3) is 0 Å². The zero-order chi connectivity index (χ0) is 14.5. The van der Waals surface area contributed by atoms with Gasteiger partial charge in [-0.15, -0.1) is 0 Å². The molecule has 0 aliphatic carbocycles. The summed E-state index contributed by atoms with van der Waals surface area (Å²) in [7, 11) is 0. The van der Waals surface area contributed by atoms with Crippen LogP contribution in [0.25, 0.3) is 0 Å². The molecule has 0 aliphatic heterocycles. The van der Waals surface area contributed by atoms with Crippen LogP contribution < -0.4 is 4.74 Å². The molecule has 2 aromatic rings. The van der Waals surface area contributed by atoms with E-state index >= 15 is 0 Å². The molecule has 0 saturated heterocycles. The van der Waals surface area contributed by atoms with E-state index in [1.165, 1.54) is 12.1 Å². The van der Waals surface area contributed by atoms with Gasteiger partial charge >= 0.3 is 0 Å². The van der Waals surface area contributed by atoms with E-state index in [-0.39, 0.29) is 11.5 Å². The fraction of sp³-hybridized carbons (Fsp3) is 0.188. The van der Waals surface area contributed by atoms with Crippen LogP contribution in [0.1, 0.15) is 21.5 Å². The van der Waals surface area contributed by atoms with E-state index in [1.807, 2.05) is 19.1 Å². The van der Waals surface area contributed by atoms with E-state index in [9.17, 15) is 9.18 Å². The monoisotopic (exact) mass is 336 g/mol. The summed E-state index contributed by atoms with van der Waals surface area (Å²) < 4.78 is 19.0. The maximum absolute atomic E-state index is 13.8. The second kappa shape index (κ2) is 6.66. The van der Waals surface area contributed by atoms with Gasteiger partial charge in [0.15, 0.2) is 17.3 Å². The van der Waals surface area contributed by atoms with Crippen molar-refractivity contribution in [2.45, 2.75) is 6.92 Å². The van der Waals surface area contributed by atoms with Crippen LogP contribution in [-0.2, 0) is 0 Å². The number of carbonyl (C=O) groups excluding carboxylic acids is 1. The lowest BCUT2D eigenvalue weighted by atomic mass is 10.0. The van der Waals surface area contributed by atoms with Crippen molar-refractivity contribution in [3.05, 3.63) is 65.0 Å². The summed E-state index contributed by atoms with van der Waals surface area (Å²) in [4.78, 5) is 12.2. The van der Waals surface area contributed by atoms with E-state index in [0.717, 1.165) is 5.56 Å². The molecule has 2 aromatic carbocycles. The molecule has 104 valence electrons. The molecule has 0 heterocycles. The molecule has 0 fully saturated rings. The Morgan fingerprint density at radius 3 is 2.40 bits per heavy atom. The molecule has 0 saturated carbocycles. The van der Waals surface area contributed by atoms with Crippen molar-refractivity contribution in [1.82, 2.24) is 0 Å². The van der Waals surface area contributed by atoms with Crippen molar-refractivity contribution in [3.8, 4) is 5.75 Å². The molecule has 0 N–H and O–H groups in total. The van der Waals surface area contributed by atoms with Gasteiger partial charge in [0.2, 0.25) is 0 Å². The first kappa shape index (κ1) is 14.7. The van der Waals surface area contributed by atoms with Gasteiger partial charge in [0.1, 0.15) is 0 Å². The van der Waals surface area contributed by atoms with Crippen LogP contribution in [-0.4, -0.2) is 17.7 Å². The van der Waals surface area contributed by atoms with Gasteiger partial charge in [-0.05, 0) is 25.1 Å². The molecular formula is C16H14BrFO2. The number of alkyl halides is 1. The highest BCUT2D eigenvalue weighted by Crippen LogP contribution is 2.20. The summed E-state index contributed by atoms with van der Waals surface area (Å²) in [6, 6.07) is 11.5. The van der Waals surface area contributed by atoms with Gasteiger partial charge in [-0.3, -0.25) is 4.79 Å². The third kappa shape index (κ3) is 3.45. The Bertz CT molecular complexity index is 608. The number of halogens is 2. The second-order valence-electron chi connectivity index (χ2n) is 4.38. The van der Waals surface area contributed by atoms with Crippen molar-refractivity contribution in [1.29, 1.82) is 0 Å². The molecule has 0 radical (unpaired) electrons. The summed E-state index contributed by atoms with van der Waals surface area (Å²) in [5.41, 5.74) is 1.94. The molecule has 0 spiro atoms. The van der Waals surface area contributed by atoms with E-state index in [1.54, 1.807) is 18.2 Å². The summed E-state index contributed by atoms with van der Waals surface area (Å²) >= 11 is 3.20. The lowest BCUT2D eigenvalue weighted by molar-refractivity contribution is 0.103. The Kier molecular flexibility index (Phi) is 4.90. The minimum atomic E-state index is -0.524. The molecule has 4 heteroatoms. The number of rotatable bonds is 5. The Labute approximate surface area is 125 Å². The summed E-state index contributed by atoms with van der Waals surface area (Å²) in [5, 5.41) is 0.622. The van der Waals surface area contributed by atoms with Crippen LogP contribution in [0.4, 0.5) is 4.39 Å². The lowest BCUT2D eigenvalue weighted by Gasteiger charge is -2.07. The van der Waals surface area contributed by atoms with Gasteiger partial charge < -0.3 is 4.74 Å². The standard InChI is InChI=1S/C16H14BrFO2/c1-11-2-4-12(5-3-11)16(19)13-6-7-15(14(18)10-13)20-9-8-17/h2-7,10H,8-9H2,1H3. The van der Waals surface area contributed by atoms with E-state index < -0.39 is 5.82 Å². The highest BCUT2D eigenvalue weighted by molar-refractivity contribution is 9.09. The quantitative estimate of drug-likeness (QED) is 0.606. The van der Waals surface area contributed by atoms with Gasteiger partial charge in [0.05, 0.1) is 6.61 Å². The van der Waals surface area contributed by atoms with Crippen LogP contribution in [0.2, 0.25) is 0 Å².